The Hall–Kier alpha value is -2.74. The fourth-order valence-electron chi connectivity index (χ4n) is 3.84. The summed E-state index contributed by atoms with van der Waals surface area (Å²) in [6, 6.07) is 23.2. The van der Waals surface area contributed by atoms with Crippen LogP contribution in [0.5, 0.6) is 11.5 Å². The van der Waals surface area contributed by atoms with E-state index >= 15 is 0 Å². The Morgan fingerprint density at radius 1 is 0.690 bits per heavy atom. The summed E-state index contributed by atoms with van der Waals surface area (Å²) in [6.45, 7) is 8.85. The number of para-hydroxylation sites is 1. The van der Waals surface area contributed by atoms with E-state index in [1.54, 1.807) is 24.3 Å². The smallest absolute Gasteiger partial charge is 0.119 e. The number of phenols is 2. The maximum Gasteiger partial charge on any atom is 0.119 e. The average molecular weight is 391 g/mol. The maximum absolute atomic E-state index is 10.6. The molecule has 0 aliphatic heterocycles. The Kier molecular flexibility index (Phi) is 8.33. The molecule has 0 saturated heterocycles. The van der Waals surface area contributed by atoms with Crippen molar-refractivity contribution in [1.82, 2.24) is 0 Å². The fraction of sp³-hybridized carbons (Fsp3) is 0.333. The summed E-state index contributed by atoms with van der Waals surface area (Å²) in [4.78, 5) is 0. The lowest BCUT2D eigenvalue weighted by Crippen LogP contribution is -2.22. The largest absolute Gasteiger partial charge is 0.508 e. The van der Waals surface area contributed by atoms with E-state index in [1.165, 1.54) is 16.7 Å². The fourth-order valence-corrected chi connectivity index (χ4v) is 3.84. The van der Waals surface area contributed by atoms with Crippen LogP contribution in [0.4, 0.5) is 0 Å². The molecule has 0 fully saturated rings. The molecule has 2 heteroatoms. The van der Waals surface area contributed by atoms with E-state index in [2.05, 4.69) is 58.0 Å². The normalized spacial score (nSPS) is 10.9. The molecule has 3 rings (SSSR count). The van der Waals surface area contributed by atoms with Gasteiger partial charge in [0, 0.05) is 11.0 Å². The van der Waals surface area contributed by atoms with Gasteiger partial charge < -0.3 is 10.2 Å². The van der Waals surface area contributed by atoms with Gasteiger partial charge in [-0.05, 0) is 47.7 Å². The van der Waals surface area contributed by atoms with E-state index in [4.69, 9.17) is 5.11 Å². The number of hydrogen-bond donors (Lipinski definition) is 2. The molecule has 0 aliphatic carbocycles. The topological polar surface area (TPSA) is 40.5 Å². The molecule has 0 aromatic heterocycles. The Balaban J connectivity index is 0.000000360. The first kappa shape index (κ1) is 22.5. The number of aryl methyl sites for hydroxylation is 1. The highest BCUT2D eigenvalue weighted by atomic mass is 16.3. The molecule has 0 radical (unpaired) electrons. The predicted octanol–water partition coefficient (Wildman–Crippen LogP) is 7.02. The molecule has 29 heavy (non-hydrogen) atoms. The van der Waals surface area contributed by atoms with Gasteiger partial charge in [0.05, 0.1) is 0 Å². The second-order valence-corrected chi connectivity index (χ2v) is 7.92. The highest BCUT2D eigenvalue weighted by molar-refractivity contribution is 5.53. The minimum atomic E-state index is -0.195. The van der Waals surface area contributed by atoms with Gasteiger partial charge in [0.15, 0.2) is 0 Å². The van der Waals surface area contributed by atoms with Crippen LogP contribution in [-0.4, -0.2) is 10.2 Å². The third kappa shape index (κ3) is 5.87. The second kappa shape index (κ2) is 10.7. The first-order valence-corrected chi connectivity index (χ1v) is 10.6. The van der Waals surface area contributed by atoms with Crippen LogP contribution < -0.4 is 0 Å². The first-order valence-electron chi connectivity index (χ1n) is 10.6. The third-order valence-corrected chi connectivity index (χ3v) is 5.28. The molecular formula is C27H34O2. The molecule has 0 bridgehead atoms. The summed E-state index contributed by atoms with van der Waals surface area (Å²) >= 11 is 0. The van der Waals surface area contributed by atoms with Crippen LogP contribution in [-0.2, 0) is 18.3 Å². The Morgan fingerprint density at radius 2 is 1.24 bits per heavy atom. The summed E-state index contributed by atoms with van der Waals surface area (Å²) in [5.74, 6) is 0.750. The number of phenolic OH excluding ortho intramolecular Hbond substituents is 2. The zero-order valence-electron chi connectivity index (χ0n) is 18.2. The monoisotopic (exact) mass is 390 g/mol. The summed E-state index contributed by atoms with van der Waals surface area (Å²) in [5.41, 5.74) is 4.89. The lowest BCUT2D eigenvalue weighted by atomic mass is 9.73. The molecule has 0 saturated carbocycles. The molecule has 0 unspecified atom stereocenters. The van der Waals surface area contributed by atoms with Gasteiger partial charge in [-0.3, -0.25) is 0 Å². The molecule has 0 amide bonds. The first-order chi connectivity index (χ1) is 13.9. The molecule has 0 aliphatic rings. The lowest BCUT2D eigenvalue weighted by Gasteiger charge is -2.31. The number of rotatable bonds is 6. The van der Waals surface area contributed by atoms with Gasteiger partial charge in [0.2, 0.25) is 0 Å². The van der Waals surface area contributed by atoms with Gasteiger partial charge >= 0.3 is 0 Å². The Labute approximate surface area is 175 Å². The van der Waals surface area contributed by atoms with Crippen molar-refractivity contribution in [2.75, 3.05) is 0 Å². The van der Waals surface area contributed by atoms with Crippen LogP contribution in [0.25, 0.3) is 0 Å². The van der Waals surface area contributed by atoms with Crippen LogP contribution >= 0.6 is 0 Å². The Bertz CT molecular complexity index is 868. The molecule has 2 nitrogen and oxygen atoms in total. The molecule has 3 aromatic rings. The van der Waals surface area contributed by atoms with Crippen LogP contribution in [0.2, 0.25) is 0 Å². The minimum absolute atomic E-state index is 0.195. The molecule has 0 spiro atoms. The predicted molar refractivity (Wildman–Crippen MR) is 123 cm³/mol. The summed E-state index contributed by atoms with van der Waals surface area (Å²) in [5, 5.41) is 19.2. The summed E-state index contributed by atoms with van der Waals surface area (Å²) in [7, 11) is 0. The van der Waals surface area contributed by atoms with E-state index in [0.29, 0.717) is 11.5 Å². The van der Waals surface area contributed by atoms with Crippen LogP contribution in [0.3, 0.4) is 0 Å². The van der Waals surface area contributed by atoms with E-state index in [9.17, 15) is 5.11 Å². The second-order valence-electron chi connectivity index (χ2n) is 7.92. The molecular weight excluding hydrogens is 356 g/mol. The lowest BCUT2D eigenvalue weighted by molar-refractivity contribution is 0.450. The van der Waals surface area contributed by atoms with Crippen molar-refractivity contribution in [3.63, 3.8) is 0 Å². The van der Waals surface area contributed by atoms with E-state index in [0.717, 1.165) is 31.2 Å². The van der Waals surface area contributed by atoms with Crippen molar-refractivity contribution in [1.29, 1.82) is 0 Å². The van der Waals surface area contributed by atoms with Crippen molar-refractivity contribution in [2.24, 2.45) is 0 Å². The van der Waals surface area contributed by atoms with E-state index < -0.39 is 0 Å². The van der Waals surface area contributed by atoms with Crippen LogP contribution in [0, 0.1) is 0 Å². The molecule has 3 aromatic carbocycles. The standard InChI is InChI=1S/C21H28O.C6H6O/c1-5-10-16-14-15-19(22)20(18(16)11-6-2)21(3,4)17-12-8-7-9-13-17;7-6-4-2-1-3-5-6/h7-9,12-15,22H,5-6,10-11H2,1-4H3;1-5,7H. The molecule has 2 N–H and O–H groups in total. The molecule has 0 atom stereocenters. The van der Waals surface area contributed by atoms with Crippen molar-refractivity contribution in [3.8, 4) is 11.5 Å². The number of aromatic hydroxyl groups is 2. The van der Waals surface area contributed by atoms with Crippen molar-refractivity contribution in [2.45, 2.75) is 58.8 Å². The van der Waals surface area contributed by atoms with Crippen molar-refractivity contribution in [3.05, 3.63) is 95.1 Å². The van der Waals surface area contributed by atoms with E-state index in [-0.39, 0.29) is 5.41 Å². The quantitative estimate of drug-likeness (QED) is 0.475. The summed E-state index contributed by atoms with van der Waals surface area (Å²) in [6.07, 6.45) is 4.33. The van der Waals surface area contributed by atoms with Crippen molar-refractivity contribution >= 4 is 0 Å². The highest BCUT2D eigenvalue weighted by Crippen LogP contribution is 2.41. The molecule has 0 heterocycles. The number of benzene rings is 3. The van der Waals surface area contributed by atoms with Gasteiger partial charge in [0.1, 0.15) is 11.5 Å². The highest BCUT2D eigenvalue weighted by Gasteiger charge is 2.29. The van der Waals surface area contributed by atoms with E-state index in [1.807, 2.05) is 18.2 Å². The van der Waals surface area contributed by atoms with Gasteiger partial charge in [-0.1, -0.05) is 95.1 Å². The van der Waals surface area contributed by atoms with Gasteiger partial charge in [-0.15, -0.1) is 0 Å². The van der Waals surface area contributed by atoms with Gasteiger partial charge in [0.25, 0.3) is 0 Å². The SMILES string of the molecule is CCCc1ccc(O)c(C(C)(C)c2ccccc2)c1CCC.Oc1ccccc1. The third-order valence-electron chi connectivity index (χ3n) is 5.28. The summed E-state index contributed by atoms with van der Waals surface area (Å²) < 4.78 is 0. The van der Waals surface area contributed by atoms with Crippen LogP contribution in [0.15, 0.2) is 72.8 Å². The van der Waals surface area contributed by atoms with Gasteiger partial charge in [-0.2, -0.15) is 0 Å². The molecule has 154 valence electrons. The number of hydrogen-bond acceptors (Lipinski definition) is 2. The average Bonchev–Trinajstić information content (AvgIpc) is 2.72. The zero-order valence-corrected chi connectivity index (χ0v) is 18.2. The Morgan fingerprint density at radius 3 is 1.72 bits per heavy atom. The van der Waals surface area contributed by atoms with Crippen LogP contribution in [0.1, 0.15) is 62.8 Å². The van der Waals surface area contributed by atoms with Crippen molar-refractivity contribution < 1.29 is 10.2 Å². The van der Waals surface area contributed by atoms with Gasteiger partial charge in [-0.25, -0.2) is 0 Å². The zero-order chi connectivity index (χ0) is 21.3. The minimum Gasteiger partial charge on any atom is -0.508 e. The maximum atomic E-state index is 10.6.